The largest absolute Gasteiger partial charge is 0.312 e. The van der Waals surface area contributed by atoms with Crippen molar-refractivity contribution in [2.24, 2.45) is 0 Å². The van der Waals surface area contributed by atoms with Crippen LogP contribution < -0.4 is 10.0 Å². The number of rotatable bonds is 9. The summed E-state index contributed by atoms with van der Waals surface area (Å²) in [6.45, 7) is 9.71. The van der Waals surface area contributed by atoms with E-state index < -0.39 is 10.0 Å². The van der Waals surface area contributed by atoms with Crippen molar-refractivity contribution in [2.45, 2.75) is 63.3 Å². The average Bonchev–Trinajstić information content (AvgIpc) is 2.92. The minimum Gasteiger partial charge on any atom is -0.312 e. The smallest absolute Gasteiger partial charge is 0.250 e. The zero-order valence-corrected chi connectivity index (χ0v) is 14.5. The Morgan fingerprint density at radius 3 is 2.20 bits per heavy atom. The maximum atomic E-state index is 12.5. The lowest BCUT2D eigenvalue weighted by Crippen LogP contribution is -2.46. The van der Waals surface area contributed by atoms with E-state index in [1.54, 1.807) is 6.07 Å². The summed E-state index contributed by atoms with van der Waals surface area (Å²) in [5.41, 5.74) is -0.329. The SMILES string of the molecule is CCNCc1ccc(S(=O)(=O)NC(CC)(CC)CC)s1. The lowest BCUT2D eigenvalue weighted by atomic mass is 9.91. The van der Waals surface area contributed by atoms with E-state index >= 15 is 0 Å². The Hall–Kier alpha value is -0.430. The first-order chi connectivity index (χ1) is 9.43. The Balaban J connectivity index is 2.90. The first-order valence-electron chi connectivity index (χ1n) is 7.26. The monoisotopic (exact) mass is 318 g/mol. The molecule has 1 heterocycles. The van der Waals surface area contributed by atoms with Gasteiger partial charge in [-0.15, -0.1) is 11.3 Å². The van der Waals surface area contributed by atoms with E-state index in [1.807, 2.05) is 33.8 Å². The van der Waals surface area contributed by atoms with Gasteiger partial charge >= 0.3 is 0 Å². The first kappa shape index (κ1) is 17.6. The van der Waals surface area contributed by atoms with Gasteiger partial charge in [-0.05, 0) is 37.9 Å². The van der Waals surface area contributed by atoms with Crippen molar-refractivity contribution in [2.75, 3.05) is 6.54 Å². The van der Waals surface area contributed by atoms with Gasteiger partial charge in [0, 0.05) is 17.0 Å². The summed E-state index contributed by atoms with van der Waals surface area (Å²) in [4.78, 5) is 1.04. The molecular weight excluding hydrogens is 292 g/mol. The Labute approximate surface area is 127 Å². The lowest BCUT2D eigenvalue weighted by molar-refractivity contribution is 0.342. The predicted molar refractivity (Wildman–Crippen MR) is 85.6 cm³/mol. The van der Waals surface area contributed by atoms with Gasteiger partial charge in [0.25, 0.3) is 10.0 Å². The molecule has 116 valence electrons. The third-order valence-electron chi connectivity index (χ3n) is 3.83. The second kappa shape index (κ2) is 7.54. The quantitative estimate of drug-likeness (QED) is 0.735. The molecule has 4 nitrogen and oxygen atoms in total. The third kappa shape index (κ3) is 4.28. The van der Waals surface area contributed by atoms with Crippen LogP contribution in [0.2, 0.25) is 0 Å². The van der Waals surface area contributed by atoms with Gasteiger partial charge in [0.05, 0.1) is 0 Å². The molecule has 1 rings (SSSR count). The minimum atomic E-state index is -3.42. The molecule has 6 heteroatoms. The van der Waals surface area contributed by atoms with Crippen LogP contribution in [0.4, 0.5) is 0 Å². The molecule has 0 aliphatic carbocycles. The topological polar surface area (TPSA) is 58.2 Å². The molecule has 0 aromatic carbocycles. The molecular formula is C14H26N2O2S2. The maximum Gasteiger partial charge on any atom is 0.250 e. The summed E-state index contributed by atoms with van der Waals surface area (Å²) in [5.74, 6) is 0. The molecule has 2 N–H and O–H groups in total. The molecule has 0 aliphatic rings. The fourth-order valence-corrected chi connectivity index (χ4v) is 5.09. The fourth-order valence-electron chi connectivity index (χ4n) is 2.15. The normalized spacial score (nSPS) is 12.8. The van der Waals surface area contributed by atoms with Crippen molar-refractivity contribution in [3.8, 4) is 0 Å². The summed E-state index contributed by atoms with van der Waals surface area (Å²) in [7, 11) is -3.42. The second-order valence-corrected chi connectivity index (χ2v) is 8.03. The van der Waals surface area contributed by atoms with Crippen LogP contribution in [-0.2, 0) is 16.6 Å². The average molecular weight is 319 g/mol. The summed E-state index contributed by atoms with van der Waals surface area (Å²) in [6, 6.07) is 3.58. The standard InChI is InChI=1S/C14H26N2O2S2/c1-5-14(6-2,7-3)16-20(17,18)13-10-9-12(19-13)11-15-8-4/h9-10,15-16H,5-8,11H2,1-4H3. The van der Waals surface area contributed by atoms with Crippen molar-refractivity contribution in [3.63, 3.8) is 0 Å². The fraction of sp³-hybridized carbons (Fsp3) is 0.714. The number of thiophene rings is 1. The van der Waals surface area contributed by atoms with Crippen LogP contribution in [-0.4, -0.2) is 20.5 Å². The minimum absolute atomic E-state index is 0.329. The summed E-state index contributed by atoms with van der Waals surface area (Å²) in [6.07, 6.45) is 2.40. The molecule has 1 aromatic heterocycles. The predicted octanol–water partition coefficient (Wildman–Crippen LogP) is 3.10. The second-order valence-electron chi connectivity index (χ2n) is 4.95. The molecule has 0 atom stereocenters. The highest BCUT2D eigenvalue weighted by molar-refractivity contribution is 7.91. The molecule has 0 aliphatic heterocycles. The molecule has 0 radical (unpaired) electrons. The van der Waals surface area contributed by atoms with Gasteiger partial charge in [0.15, 0.2) is 0 Å². The number of sulfonamides is 1. The van der Waals surface area contributed by atoms with Crippen molar-refractivity contribution in [3.05, 3.63) is 17.0 Å². The van der Waals surface area contributed by atoms with Crippen LogP contribution >= 0.6 is 11.3 Å². The van der Waals surface area contributed by atoms with Crippen LogP contribution in [0.5, 0.6) is 0 Å². The van der Waals surface area contributed by atoms with E-state index in [0.717, 1.165) is 37.2 Å². The van der Waals surface area contributed by atoms with Gasteiger partial charge in [-0.25, -0.2) is 13.1 Å². The highest BCUT2D eigenvalue weighted by atomic mass is 32.2. The molecule has 1 aromatic rings. The van der Waals surface area contributed by atoms with Crippen LogP contribution in [0.15, 0.2) is 16.3 Å². The lowest BCUT2D eigenvalue weighted by Gasteiger charge is -2.30. The first-order valence-corrected chi connectivity index (χ1v) is 9.56. The van der Waals surface area contributed by atoms with Gasteiger partial charge in [-0.2, -0.15) is 0 Å². The van der Waals surface area contributed by atoms with Gasteiger partial charge in [-0.3, -0.25) is 0 Å². The van der Waals surface area contributed by atoms with Gasteiger partial charge in [-0.1, -0.05) is 27.7 Å². The Morgan fingerprint density at radius 2 is 1.70 bits per heavy atom. The van der Waals surface area contributed by atoms with Crippen molar-refractivity contribution in [1.82, 2.24) is 10.0 Å². The summed E-state index contributed by atoms with van der Waals surface area (Å²) < 4.78 is 28.3. The van der Waals surface area contributed by atoms with E-state index in [9.17, 15) is 8.42 Å². The molecule has 0 bridgehead atoms. The molecule has 0 saturated heterocycles. The number of nitrogens with one attached hydrogen (secondary N) is 2. The van der Waals surface area contributed by atoms with Gasteiger partial charge < -0.3 is 5.32 Å². The van der Waals surface area contributed by atoms with E-state index in [4.69, 9.17) is 0 Å². The number of hydrogen-bond donors (Lipinski definition) is 2. The molecule has 0 spiro atoms. The molecule has 20 heavy (non-hydrogen) atoms. The maximum absolute atomic E-state index is 12.5. The van der Waals surface area contributed by atoms with E-state index in [-0.39, 0.29) is 5.54 Å². The molecule has 0 saturated carbocycles. The van der Waals surface area contributed by atoms with Gasteiger partial charge in [0.1, 0.15) is 4.21 Å². The zero-order valence-electron chi connectivity index (χ0n) is 12.8. The van der Waals surface area contributed by atoms with Crippen LogP contribution in [0.1, 0.15) is 51.8 Å². The Kier molecular flexibility index (Phi) is 6.64. The van der Waals surface area contributed by atoms with Crippen LogP contribution in [0.25, 0.3) is 0 Å². The van der Waals surface area contributed by atoms with Crippen LogP contribution in [0.3, 0.4) is 0 Å². The van der Waals surface area contributed by atoms with Crippen LogP contribution in [0, 0.1) is 0 Å². The summed E-state index contributed by atoms with van der Waals surface area (Å²) >= 11 is 1.34. The Bertz CT molecular complexity index is 497. The zero-order chi connectivity index (χ0) is 15.2. The van der Waals surface area contributed by atoms with Crippen molar-refractivity contribution < 1.29 is 8.42 Å². The molecule has 0 fully saturated rings. The highest BCUT2D eigenvalue weighted by Crippen LogP contribution is 2.26. The van der Waals surface area contributed by atoms with Gasteiger partial charge in [0.2, 0.25) is 0 Å². The highest BCUT2D eigenvalue weighted by Gasteiger charge is 2.31. The third-order valence-corrected chi connectivity index (χ3v) is 6.99. The van der Waals surface area contributed by atoms with E-state index in [0.29, 0.717) is 4.21 Å². The van der Waals surface area contributed by atoms with E-state index in [1.165, 1.54) is 11.3 Å². The van der Waals surface area contributed by atoms with Crippen molar-refractivity contribution >= 4 is 21.4 Å². The summed E-state index contributed by atoms with van der Waals surface area (Å²) in [5, 5.41) is 3.21. The molecule has 0 amide bonds. The number of hydrogen-bond acceptors (Lipinski definition) is 4. The Morgan fingerprint density at radius 1 is 1.10 bits per heavy atom. The molecule has 0 unspecified atom stereocenters. The van der Waals surface area contributed by atoms with E-state index in [2.05, 4.69) is 10.0 Å². The van der Waals surface area contributed by atoms with Crippen molar-refractivity contribution in [1.29, 1.82) is 0 Å².